The lowest BCUT2D eigenvalue weighted by molar-refractivity contribution is -0.140. The number of amides is 6. The number of urea groups is 1. The number of guanidine groups is 1. The average Bonchev–Trinajstić information content (AvgIpc) is 3.42. The Morgan fingerprint density at radius 1 is 0.633 bits per heavy atom. The molecule has 12 N–H and O–H groups in total. The van der Waals surface area contributed by atoms with Crippen LogP contribution < -0.4 is 43.0 Å². The highest BCUT2D eigenvalue weighted by Gasteiger charge is 2.28. The van der Waals surface area contributed by atoms with E-state index in [4.69, 9.17) is 5.73 Å². The van der Waals surface area contributed by atoms with Gasteiger partial charge in [0.25, 0.3) is 0 Å². The number of aromatic hydroxyl groups is 1. The lowest BCUT2D eigenvalue weighted by Crippen LogP contribution is -2.49. The van der Waals surface area contributed by atoms with Crippen LogP contribution in [0, 0.1) is 0 Å². The third-order valence-corrected chi connectivity index (χ3v) is 12.9. The number of nitrogens with two attached hydrogens (primary N) is 1. The third-order valence-electron chi connectivity index (χ3n) is 12.9. The molecule has 3 aromatic rings. The van der Waals surface area contributed by atoms with Gasteiger partial charge >= 0.3 is 18.0 Å². The molecule has 2 unspecified atom stereocenters. The number of carboxylic acids is 2. The van der Waals surface area contributed by atoms with E-state index in [1.54, 1.807) is 28.9 Å². The molecule has 0 aromatic heterocycles. The van der Waals surface area contributed by atoms with E-state index >= 15 is 0 Å². The number of carboxylic acid groups (broad SMARTS) is 2. The Morgan fingerprint density at radius 2 is 1.22 bits per heavy atom. The van der Waals surface area contributed by atoms with Crippen LogP contribution in [0.1, 0.15) is 74.5 Å². The Kier molecular flexibility index (Phi) is 29.4. The number of anilines is 1. The topological polar surface area (TPSA) is 333 Å². The van der Waals surface area contributed by atoms with Crippen molar-refractivity contribution in [3.63, 3.8) is 0 Å². The van der Waals surface area contributed by atoms with Crippen LogP contribution >= 0.6 is 0 Å². The van der Waals surface area contributed by atoms with Crippen LogP contribution in [-0.4, -0.2) is 206 Å². The largest absolute Gasteiger partial charge is 0.508 e. The van der Waals surface area contributed by atoms with Gasteiger partial charge in [-0.1, -0.05) is 61.0 Å². The first-order valence-electron chi connectivity index (χ1n) is 27.0. The Labute approximate surface area is 462 Å². The molecule has 24 nitrogen and oxygen atoms in total. The number of aliphatic carboxylic acids is 2. The fourth-order valence-corrected chi connectivity index (χ4v) is 8.67. The molecule has 24 heteroatoms. The number of carbonyl (C=O) groups excluding carboxylic acids is 6. The minimum atomic E-state index is -0.999. The molecule has 3 aromatic carbocycles. The fraction of sp³-hybridized carbons (Fsp3) is 0.509. The van der Waals surface area contributed by atoms with Gasteiger partial charge in [-0.15, -0.1) is 0 Å². The molecular formula is C55H81N13O11. The first kappa shape index (κ1) is 63.9. The Bertz CT molecular complexity index is 2400. The van der Waals surface area contributed by atoms with Gasteiger partial charge in [-0.05, 0) is 80.0 Å². The molecule has 0 radical (unpaired) electrons. The van der Waals surface area contributed by atoms with E-state index in [2.05, 4.69) is 42.2 Å². The molecule has 79 heavy (non-hydrogen) atoms. The number of benzene rings is 3. The van der Waals surface area contributed by atoms with Gasteiger partial charge in [0.2, 0.25) is 23.6 Å². The normalized spacial score (nSPS) is 15.0. The van der Waals surface area contributed by atoms with Gasteiger partial charge in [0.1, 0.15) is 18.1 Å². The number of aliphatic imine (C=N–C) groups is 1. The summed E-state index contributed by atoms with van der Waals surface area (Å²) < 4.78 is 0. The van der Waals surface area contributed by atoms with E-state index in [-0.39, 0.29) is 75.1 Å². The van der Waals surface area contributed by atoms with Gasteiger partial charge in [0, 0.05) is 104 Å². The smallest absolute Gasteiger partial charge is 0.321 e. The first-order valence-corrected chi connectivity index (χ1v) is 27.0. The van der Waals surface area contributed by atoms with Gasteiger partial charge in [-0.2, -0.15) is 0 Å². The molecule has 0 bridgehead atoms. The van der Waals surface area contributed by atoms with E-state index in [1.165, 1.54) is 12.1 Å². The summed E-state index contributed by atoms with van der Waals surface area (Å²) in [6.45, 7) is 7.04. The van der Waals surface area contributed by atoms with Crippen molar-refractivity contribution in [1.82, 2.24) is 51.5 Å². The molecule has 4 rings (SSSR count). The summed E-state index contributed by atoms with van der Waals surface area (Å²) in [6, 6.07) is 21.7. The van der Waals surface area contributed by atoms with Crippen molar-refractivity contribution in [2.75, 3.05) is 117 Å². The van der Waals surface area contributed by atoms with Crippen molar-refractivity contribution >= 4 is 59.5 Å². The number of hydrogen-bond donors (Lipinski definition) is 11. The summed E-state index contributed by atoms with van der Waals surface area (Å²) in [6.07, 6.45) is 4.43. The molecular weight excluding hydrogens is 1020 g/mol. The maximum atomic E-state index is 14.3. The van der Waals surface area contributed by atoms with Crippen molar-refractivity contribution in [3.05, 3.63) is 95.6 Å². The number of carbonyl (C=O) groups is 8. The third kappa shape index (κ3) is 26.5. The second-order valence-electron chi connectivity index (χ2n) is 19.2. The van der Waals surface area contributed by atoms with Crippen molar-refractivity contribution in [1.29, 1.82) is 0 Å². The van der Waals surface area contributed by atoms with Crippen LogP contribution in [0.5, 0.6) is 5.75 Å². The van der Waals surface area contributed by atoms with Gasteiger partial charge in [0.15, 0.2) is 5.96 Å². The zero-order valence-electron chi connectivity index (χ0n) is 45.3. The highest BCUT2D eigenvalue weighted by atomic mass is 16.4. The highest BCUT2D eigenvalue weighted by molar-refractivity contribution is 5.95. The average molecular weight is 1100 g/mol. The van der Waals surface area contributed by atoms with E-state index in [0.717, 1.165) is 29.5 Å². The van der Waals surface area contributed by atoms with Crippen molar-refractivity contribution in [2.45, 2.75) is 70.4 Å². The van der Waals surface area contributed by atoms with Gasteiger partial charge in [-0.3, -0.25) is 58.7 Å². The molecule has 1 aliphatic heterocycles. The predicted octanol–water partition coefficient (Wildman–Crippen LogP) is 0.924. The number of phenolic OH excluding ortho intramolecular Hbond substituents is 1. The number of nitrogens with zero attached hydrogens (tertiary/aromatic N) is 5. The number of rotatable bonds is 31. The summed E-state index contributed by atoms with van der Waals surface area (Å²) in [4.78, 5) is 111. The van der Waals surface area contributed by atoms with Crippen LogP contribution in [-0.2, 0) is 40.1 Å². The second kappa shape index (κ2) is 36.4. The zero-order chi connectivity index (χ0) is 57.2. The molecule has 1 heterocycles. The van der Waals surface area contributed by atoms with Crippen LogP contribution in [0.25, 0.3) is 0 Å². The minimum absolute atomic E-state index is 0.0649. The quantitative estimate of drug-likeness (QED) is 0.0185. The number of nitrogens with one attached hydrogen (secondary N) is 7. The van der Waals surface area contributed by atoms with Crippen molar-refractivity contribution in [3.8, 4) is 5.75 Å². The number of unbranched alkanes of at least 4 members (excludes halogenated alkanes) is 2. The summed E-state index contributed by atoms with van der Waals surface area (Å²) in [5, 5.41) is 48.7. The van der Waals surface area contributed by atoms with Crippen molar-refractivity contribution < 1.29 is 53.7 Å². The first-order chi connectivity index (χ1) is 38.1. The Hall–Kier alpha value is -7.67. The van der Waals surface area contributed by atoms with E-state index in [9.17, 15) is 53.7 Å². The molecule has 2 atom stereocenters. The van der Waals surface area contributed by atoms with E-state index in [0.29, 0.717) is 116 Å². The lowest BCUT2D eigenvalue weighted by Gasteiger charge is -2.32. The summed E-state index contributed by atoms with van der Waals surface area (Å²) >= 11 is 0. The van der Waals surface area contributed by atoms with E-state index < -0.39 is 35.8 Å². The molecule has 1 saturated heterocycles. The Morgan fingerprint density at radius 3 is 1.82 bits per heavy atom. The number of phenols is 1. The van der Waals surface area contributed by atoms with Crippen LogP contribution in [0.2, 0.25) is 0 Å². The second-order valence-corrected chi connectivity index (χ2v) is 19.2. The molecule has 0 saturated carbocycles. The maximum Gasteiger partial charge on any atom is 0.321 e. The van der Waals surface area contributed by atoms with Gasteiger partial charge < -0.3 is 57.7 Å². The predicted molar refractivity (Wildman–Crippen MR) is 299 cm³/mol. The van der Waals surface area contributed by atoms with Crippen molar-refractivity contribution in [2.24, 2.45) is 10.7 Å². The monoisotopic (exact) mass is 1100 g/mol. The molecule has 0 spiro atoms. The molecule has 432 valence electrons. The molecule has 0 aliphatic carbocycles. The summed E-state index contributed by atoms with van der Waals surface area (Å²) in [5.41, 5.74) is 8.86. The standard InChI is InChI=1S/C55H81N13O11/c1-2-57-55(79)64-54(56)61-24-9-13-46(52(77)62-37-41-15-21-45(70)22-16-41)63-53(78)51(42-11-5-3-6-12-42)43-17-19-44(20-18-43)58-25-10-26-59-47(71)14-7-4-8-23-60-48(72)38-66-29-27-65(35-36-69)28-30-67(39-49(73)74)33-34-68(32-31-66)40-50(75)76/h3,5-6,11-12,15-22,36,46,51,58,70H,2,4,7-10,13-14,23-35,37-40H2,1H3,(H,59,71)(H,60,72)(H,62,77)(H,63,78)(H,73,74)(H,75,76)(H4,56,57,61,64,79). The van der Waals surface area contributed by atoms with E-state index in [1.807, 2.05) is 64.4 Å². The number of aldehydes is 1. The lowest BCUT2D eigenvalue weighted by atomic mass is 9.90. The van der Waals surface area contributed by atoms with Gasteiger partial charge in [-0.25, -0.2) is 4.79 Å². The highest BCUT2D eigenvalue weighted by Crippen LogP contribution is 2.27. The molecule has 1 aliphatic rings. The summed E-state index contributed by atoms with van der Waals surface area (Å²) in [5.74, 6) is -3.76. The Balaban J connectivity index is 1.20. The van der Waals surface area contributed by atoms with Gasteiger partial charge in [0.05, 0.1) is 32.1 Å². The fourth-order valence-electron chi connectivity index (χ4n) is 8.67. The SMILES string of the molecule is CCNC(=O)NC(N)=NCCCC(NC(=O)C(c1ccccc1)c1ccc(NCCCNC(=O)CCCCCNC(=O)CN2CCN(CC=O)CCN(CC(=O)O)CCN(CC(=O)O)CC2)cc1)C(=O)NCc1ccc(O)cc1. The minimum Gasteiger partial charge on any atom is -0.508 e. The molecule has 6 amide bonds. The maximum absolute atomic E-state index is 14.3. The zero-order valence-corrected chi connectivity index (χ0v) is 45.3. The molecule has 1 fully saturated rings. The summed E-state index contributed by atoms with van der Waals surface area (Å²) in [7, 11) is 0. The number of hydrogen-bond acceptors (Lipinski definition) is 15. The van der Waals surface area contributed by atoms with Crippen LogP contribution in [0.15, 0.2) is 83.9 Å². The van der Waals surface area contributed by atoms with Crippen LogP contribution in [0.4, 0.5) is 10.5 Å². The van der Waals surface area contributed by atoms with Crippen LogP contribution in [0.3, 0.4) is 0 Å².